The smallest absolute Gasteiger partial charge is 0.293 e. The molecule has 0 radical (unpaired) electrons. The molecule has 88 valence electrons. The van der Waals surface area contributed by atoms with E-state index in [0.717, 1.165) is 0 Å². The average Bonchev–Trinajstić information content (AvgIpc) is 2.14. The molecule has 0 fully saturated rings. The van der Waals surface area contributed by atoms with Gasteiger partial charge >= 0.3 is 6.18 Å². The first-order valence-corrected chi connectivity index (χ1v) is 5.85. The van der Waals surface area contributed by atoms with Gasteiger partial charge in [0, 0.05) is 9.13 Å². The summed E-state index contributed by atoms with van der Waals surface area (Å²) in [5.41, 5.74) is -0.795. The Bertz CT molecular complexity index is 429. The highest BCUT2D eigenvalue weighted by atomic mass is 127. The van der Waals surface area contributed by atoms with E-state index >= 15 is 0 Å². The van der Waals surface area contributed by atoms with Gasteiger partial charge in [0.05, 0.1) is 11.4 Å². The van der Waals surface area contributed by atoms with Crippen molar-refractivity contribution < 1.29 is 18.0 Å². The van der Waals surface area contributed by atoms with Crippen molar-refractivity contribution in [2.24, 2.45) is 0 Å². The SMILES string of the molecule is Cc1c(C(=O)CCl)ccc(I)c1C(F)(F)F. The van der Waals surface area contributed by atoms with Crippen LogP contribution in [-0.2, 0) is 6.18 Å². The topological polar surface area (TPSA) is 17.1 Å². The molecule has 0 atom stereocenters. The van der Waals surface area contributed by atoms with Crippen LogP contribution in [0, 0.1) is 10.5 Å². The summed E-state index contributed by atoms with van der Waals surface area (Å²) in [5, 5.41) is 0. The molecule has 16 heavy (non-hydrogen) atoms. The largest absolute Gasteiger partial charge is 0.417 e. The Balaban J connectivity index is 3.45. The van der Waals surface area contributed by atoms with Crippen molar-refractivity contribution in [1.82, 2.24) is 0 Å². The van der Waals surface area contributed by atoms with Gasteiger partial charge in [-0.1, -0.05) is 6.07 Å². The molecule has 0 aliphatic rings. The number of benzene rings is 1. The number of alkyl halides is 4. The highest BCUT2D eigenvalue weighted by Crippen LogP contribution is 2.36. The van der Waals surface area contributed by atoms with Crippen LogP contribution >= 0.6 is 34.2 Å². The molecule has 0 amide bonds. The molecule has 0 unspecified atom stereocenters. The molecular formula is C10H7ClF3IO. The highest BCUT2D eigenvalue weighted by Gasteiger charge is 2.36. The molecule has 0 spiro atoms. The quantitative estimate of drug-likeness (QED) is 0.441. The van der Waals surface area contributed by atoms with E-state index in [0.29, 0.717) is 0 Å². The Morgan fingerprint density at radius 1 is 1.44 bits per heavy atom. The first-order valence-electron chi connectivity index (χ1n) is 4.24. The average molecular weight is 363 g/mol. The second-order valence-electron chi connectivity index (χ2n) is 3.15. The number of rotatable bonds is 2. The molecule has 1 aromatic carbocycles. The van der Waals surface area contributed by atoms with Crippen molar-refractivity contribution in [2.45, 2.75) is 13.1 Å². The summed E-state index contributed by atoms with van der Waals surface area (Å²) in [6.07, 6.45) is -4.46. The van der Waals surface area contributed by atoms with Crippen molar-refractivity contribution >= 4 is 40.0 Å². The number of carbonyl (C=O) groups excluding carboxylic acids is 1. The van der Waals surface area contributed by atoms with Gasteiger partial charge in [-0.25, -0.2) is 0 Å². The zero-order valence-electron chi connectivity index (χ0n) is 8.16. The second-order valence-corrected chi connectivity index (χ2v) is 4.58. The molecule has 0 heterocycles. The van der Waals surface area contributed by atoms with E-state index in [-0.39, 0.29) is 20.6 Å². The molecule has 1 nitrogen and oxygen atoms in total. The molecule has 1 rings (SSSR count). The van der Waals surface area contributed by atoms with Crippen LogP contribution in [0.3, 0.4) is 0 Å². The lowest BCUT2D eigenvalue weighted by Gasteiger charge is -2.14. The Hall–Kier alpha value is -0.300. The Labute approximate surface area is 109 Å². The van der Waals surface area contributed by atoms with Crippen LogP contribution in [0.5, 0.6) is 0 Å². The maximum atomic E-state index is 12.7. The summed E-state index contributed by atoms with van der Waals surface area (Å²) in [7, 11) is 0. The minimum Gasteiger partial charge on any atom is -0.293 e. The molecule has 1 aromatic rings. The van der Waals surface area contributed by atoms with E-state index in [1.54, 1.807) is 22.6 Å². The number of halogens is 5. The number of hydrogen-bond donors (Lipinski definition) is 0. The van der Waals surface area contributed by atoms with E-state index in [4.69, 9.17) is 11.6 Å². The Morgan fingerprint density at radius 2 is 2.00 bits per heavy atom. The fraction of sp³-hybridized carbons (Fsp3) is 0.300. The molecule has 0 N–H and O–H groups in total. The standard InChI is InChI=1S/C10H7ClF3IO/c1-5-6(8(16)4-11)2-3-7(15)9(5)10(12,13)14/h2-3H,4H2,1H3. The number of ketones is 1. The zero-order chi connectivity index (χ0) is 12.5. The van der Waals surface area contributed by atoms with E-state index in [2.05, 4.69) is 0 Å². The van der Waals surface area contributed by atoms with E-state index < -0.39 is 17.5 Å². The van der Waals surface area contributed by atoms with Gasteiger partial charge in [-0.3, -0.25) is 4.79 Å². The van der Waals surface area contributed by atoms with Crippen molar-refractivity contribution in [1.29, 1.82) is 0 Å². The highest BCUT2D eigenvalue weighted by molar-refractivity contribution is 14.1. The summed E-state index contributed by atoms with van der Waals surface area (Å²) in [4.78, 5) is 11.3. The van der Waals surface area contributed by atoms with Crippen molar-refractivity contribution in [2.75, 3.05) is 5.88 Å². The van der Waals surface area contributed by atoms with Gasteiger partial charge in [0.2, 0.25) is 0 Å². The predicted molar refractivity (Wildman–Crippen MR) is 63.9 cm³/mol. The summed E-state index contributed by atoms with van der Waals surface area (Å²) in [6.45, 7) is 1.28. The van der Waals surface area contributed by atoms with Gasteiger partial charge in [-0.15, -0.1) is 11.6 Å². The first-order chi connectivity index (χ1) is 7.29. The van der Waals surface area contributed by atoms with Gasteiger partial charge in [-0.05, 0) is 41.1 Å². The minimum atomic E-state index is -4.46. The van der Waals surface area contributed by atoms with Gasteiger partial charge < -0.3 is 0 Å². The molecule has 0 aliphatic carbocycles. The lowest BCUT2D eigenvalue weighted by Crippen LogP contribution is -2.14. The van der Waals surface area contributed by atoms with Crippen LogP contribution < -0.4 is 0 Å². The van der Waals surface area contributed by atoms with E-state index in [1.807, 2.05) is 0 Å². The number of Topliss-reactive ketones (excluding diaryl/α,β-unsaturated/α-hetero) is 1. The first kappa shape index (κ1) is 13.8. The van der Waals surface area contributed by atoms with Crippen LogP contribution in [0.2, 0.25) is 0 Å². The molecular weight excluding hydrogens is 355 g/mol. The van der Waals surface area contributed by atoms with Gasteiger partial charge in [0.25, 0.3) is 0 Å². The van der Waals surface area contributed by atoms with Gasteiger partial charge in [0.15, 0.2) is 5.78 Å². The Kier molecular flexibility index (Phi) is 4.23. The maximum Gasteiger partial charge on any atom is 0.417 e. The van der Waals surface area contributed by atoms with Crippen molar-refractivity contribution in [3.63, 3.8) is 0 Å². The third kappa shape index (κ3) is 2.68. The van der Waals surface area contributed by atoms with Gasteiger partial charge in [-0.2, -0.15) is 13.2 Å². The van der Waals surface area contributed by atoms with Crippen LogP contribution in [-0.4, -0.2) is 11.7 Å². The molecule has 0 bridgehead atoms. The molecule has 0 saturated carbocycles. The molecule has 0 aliphatic heterocycles. The molecule has 0 saturated heterocycles. The molecule has 6 heteroatoms. The summed E-state index contributed by atoms with van der Waals surface area (Å²) in [6, 6.07) is 2.65. The van der Waals surface area contributed by atoms with Gasteiger partial charge in [0.1, 0.15) is 0 Å². The summed E-state index contributed by atoms with van der Waals surface area (Å²) < 4.78 is 38.2. The van der Waals surface area contributed by atoms with E-state index in [9.17, 15) is 18.0 Å². The minimum absolute atomic E-state index is 0.0303. The fourth-order valence-corrected chi connectivity index (χ4v) is 2.43. The van der Waals surface area contributed by atoms with Crippen molar-refractivity contribution in [3.8, 4) is 0 Å². The molecule has 0 aromatic heterocycles. The van der Waals surface area contributed by atoms with Crippen molar-refractivity contribution in [3.05, 3.63) is 32.4 Å². The third-order valence-corrected chi connectivity index (χ3v) is 3.26. The van der Waals surface area contributed by atoms with Crippen LogP contribution in [0.25, 0.3) is 0 Å². The summed E-state index contributed by atoms with van der Waals surface area (Å²) in [5.74, 6) is -0.820. The van der Waals surface area contributed by atoms with Crippen LogP contribution in [0.15, 0.2) is 12.1 Å². The van der Waals surface area contributed by atoms with Crippen LogP contribution in [0.1, 0.15) is 21.5 Å². The van der Waals surface area contributed by atoms with E-state index in [1.165, 1.54) is 19.1 Å². The number of carbonyl (C=O) groups is 1. The predicted octanol–water partition coefficient (Wildman–Crippen LogP) is 4.04. The third-order valence-electron chi connectivity index (χ3n) is 2.12. The monoisotopic (exact) mass is 362 g/mol. The van der Waals surface area contributed by atoms with Crippen LogP contribution in [0.4, 0.5) is 13.2 Å². The number of hydrogen-bond acceptors (Lipinski definition) is 1. The lowest BCUT2D eigenvalue weighted by molar-refractivity contribution is -0.138. The zero-order valence-corrected chi connectivity index (χ0v) is 11.1. The Morgan fingerprint density at radius 3 is 2.44 bits per heavy atom. The second kappa shape index (κ2) is 4.91. The normalized spacial score (nSPS) is 11.6. The lowest BCUT2D eigenvalue weighted by atomic mass is 9.99. The maximum absolute atomic E-state index is 12.7. The summed E-state index contributed by atoms with van der Waals surface area (Å²) >= 11 is 6.93. The fourth-order valence-electron chi connectivity index (χ4n) is 1.40.